The van der Waals surface area contributed by atoms with Gasteiger partial charge in [-0.15, -0.1) is 0 Å². The Hall–Kier alpha value is -1.45. The highest BCUT2D eigenvalue weighted by molar-refractivity contribution is 5.91. The van der Waals surface area contributed by atoms with Crippen molar-refractivity contribution < 1.29 is 24.2 Å². The fourth-order valence-electron chi connectivity index (χ4n) is 3.40. The Bertz CT molecular complexity index is 530. The van der Waals surface area contributed by atoms with Gasteiger partial charge in [0.2, 0.25) is 0 Å². The van der Waals surface area contributed by atoms with Gasteiger partial charge in [-0.05, 0) is 19.2 Å². The van der Waals surface area contributed by atoms with E-state index in [0.717, 1.165) is 26.2 Å². The Morgan fingerprint density at radius 2 is 2.08 bits per heavy atom. The van der Waals surface area contributed by atoms with Crippen LogP contribution in [0.3, 0.4) is 0 Å². The van der Waals surface area contributed by atoms with Crippen molar-refractivity contribution in [2.45, 2.75) is 24.4 Å². The molecule has 4 atom stereocenters. The summed E-state index contributed by atoms with van der Waals surface area (Å²) in [5.41, 5.74) is 0. The number of nitrogens with zero attached hydrogens (tertiary/aromatic N) is 2. The number of rotatable bonds is 5. The number of hydrogen-bond donors (Lipinski definition) is 3. The standard InChI is InChI=1S/C16H25N3O5/c1-18-4-6-19(7-5-18)14-12(24-13(10-20)15(14)21)9-17-16(22)11-3-2-8-23-11/h2-3,8,12-15,20-21H,4-7,9-10H2,1H3,(H,17,22). The minimum absolute atomic E-state index is 0.239. The summed E-state index contributed by atoms with van der Waals surface area (Å²) in [4.78, 5) is 16.4. The molecular weight excluding hydrogens is 314 g/mol. The second-order valence-corrected chi connectivity index (χ2v) is 6.40. The van der Waals surface area contributed by atoms with Gasteiger partial charge in [-0.25, -0.2) is 0 Å². The third-order valence-corrected chi connectivity index (χ3v) is 4.81. The molecule has 0 spiro atoms. The molecule has 2 aliphatic rings. The van der Waals surface area contributed by atoms with Gasteiger partial charge in [-0.3, -0.25) is 9.69 Å². The first-order chi connectivity index (χ1) is 11.6. The van der Waals surface area contributed by atoms with Crippen LogP contribution in [0.15, 0.2) is 22.8 Å². The van der Waals surface area contributed by atoms with Crippen molar-refractivity contribution in [1.82, 2.24) is 15.1 Å². The lowest BCUT2D eigenvalue weighted by Crippen LogP contribution is -2.56. The smallest absolute Gasteiger partial charge is 0.287 e. The van der Waals surface area contributed by atoms with Crippen LogP contribution in [0.25, 0.3) is 0 Å². The maximum atomic E-state index is 12.0. The molecule has 3 rings (SSSR count). The van der Waals surface area contributed by atoms with Gasteiger partial charge in [0.25, 0.3) is 5.91 Å². The third kappa shape index (κ3) is 3.62. The molecular formula is C16H25N3O5. The molecule has 2 fully saturated rings. The molecule has 1 aromatic rings. The average Bonchev–Trinajstić information content (AvgIpc) is 3.22. The molecule has 24 heavy (non-hydrogen) atoms. The maximum absolute atomic E-state index is 12.0. The molecule has 0 bridgehead atoms. The van der Waals surface area contributed by atoms with Crippen molar-refractivity contribution in [2.75, 3.05) is 46.4 Å². The van der Waals surface area contributed by atoms with Crippen molar-refractivity contribution >= 4 is 5.91 Å². The van der Waals surface area contributed by atoms with Gasteiger partial charge in [-0.1, -0.05) is 0 Å². The van der Waals surface area contributed by atoms with Crippen molar-refractivity contribution in [3.63, 3.8) is 0 Å². The first-order valence-corrected chi connectivity index (χ1v) is 8.29. The summed E-state index contributed by atoms with van der Waals surface area (Å²) >= 11 is 0. The van der Waals surface area contributed by atoms with E-state index in [2.05, 4.69) is 22.2 Å². The number of likely N-dealkylation sites (N-methyl/N-ethyl adjacent to an activating group) is 1. The molecule has 2 aliphatic heterocycles. The van der Waals surface area contributed by atoms with Gasteiger partial charge in [0.15, 0.2) is 5.76 Å². The van der Waals surface area contributed by atoms with Crippen molar-refractivity contribution in [3.05, 3.63) is 24.2 Å². The van der Waals surface area contributed by atoms with Crippen LogP contribution in [0.4, 0.5) is 0 Å². The summed E-state index contributed by atoms with van der Waals surface area (Å²) in [5.74, 6) is -0.0777. The molecule has 0 aromatic carbocycles. The van der Waals surface area contributed by atoms with Crippen LogP contribution in [0.2, 0.25) is 0 Å². The fourth-order valence-corrected chi connectivity index (χ4v) is 3.40. The van der Waals surface area contributed by atoms with E-state index in [1.54, 1.807) is 12.1 Å². The highest BCUT2D eigenvalue weighted by Crippen LogP contribution is 2.26. The van der Waals surface area contributed by atoms with E-state index in [9.17, 15) is 15.0 Å². The summed E-state index contributed by atoms with van der Waals surface area (Å²) in [7, 11) is 2.07. The van der Waals surface area contributed by atoms with Gasteiger partial charge < -0.3 is 29.6 Å². The molecule has 0 aliphatic carbocycles. The summed E-state index contributed by atoms with van der Waals surface area (Å²) < 4.78 is 10.9. The minimum Gasteiger partial charge on any atom is -0.459 e. The van der Waals surface area contributed by atoms with E-state index in [0.29, 0.717) is 0 Å². The average molecular weight is 339 g/mol. The number of ether oxygens (including phenoxy) is 1. The topological polar surface area (TPSA) is 98.4 Å². The number of piperazine rings is 1. The van der Waals surface area contributed by atoms with Crippen LogP contribution >= 0.6 is 0 Å². The van der Waals surface area contributed by atoms with Gasteiger partial charge >= 0.3 is 0 Å². The molecule has 8 heteroatoms. The summed E-state index contributed by atoms with van der Waals surface area (Å²) in [6.45, 7) is 3.49. The van der Waals surface area contributed by atoms with Gasteiger partial charge in [-0.2, -0.15) is 0 Å². The number of furan rings is 1. The second-order valence-electron chi connectivity index (χ2n) is 6.40. The number of amides is 1. The Balaban J connectivity index is 1.63. The summed E-state index contributed by atoms with van der Waals surface area (Å²) in [5, 5.41) is 22.7. The Morgan fingerprint density at radius 1 is 1.33 bits per heavy atom. The summed E-state index contributed by atoms with van der Waals surface area (Å²) in [6, 6.07) is 3.00. The Morgan fingerprint density at radius 3 is 2.71 bits per heavy atom. The molecule has 1 amide bonds. The molecule has 8 nitrogen and oxygen atoms in total. The molecule has 0 saturated carbocycles. The van der Waals surface area contributed by atoms with E-state index >= 15 is 0 Å². The number of aliphatic hydroxyl groups excluding tert-OH is 2. The number of carbonyl (C=O) groups excluding carboxylic acids is 1. The highest BCUT2D eigenvalue weighted by atomic mass is 16.5. The molecule has 2 saturated heterocycles. The van der Waals surface area contributed by atoms with Crippen molar-refractivity contribution in [2.24, 2.45) is 0 Å². The number of carbonyl (C=O) groups is 1. The van der Waals surface area contributed by atoms with Gasteiger partial charge in [0.05, 0.1) is 25.0 Å². The monoisotopic (exact) mass is 339 g/mol. The van der Waals surface area contributed by atoms with Crippen LogP contribution in [-0.2, 0) is 4.74 Å². The first-order valence-electron chi connectivity index (χ1n) is 8.29. The lowest BCUT2D eigenvalue weighted by molar-refractivity contribution is -0.0209. The van der Waals surface area contributed by atoms with Crippen LogP contribution in [-0.4, -0.2) is 96.7 Å². The van der Waals surface area contributed by atoms with E-state index in [-0.39, 0.29) is 37.0 Å². The van der Waals surface area contributed by atoms with E-state index in [4.69, 9.17) is 9.15 Å². The first kappa shape index (κ1) is 17.4. The largest absolute Gasteiger partial charge is 0.459 e. The lowest BCUT2D eigenvalue weighted by atomic mass is 10.0. The molecule has 4 unspecified atom stereocenters. The van der Waals surface area contributed by atoms with E-state index in [1.165, 1.54) is 6.26 Å². The molecule has 0 radical (unpaired) electrons. The normalized spacial score (nSPS) is 32.1. The van der Waals surface area contributed by atoms with Crippen molar-refractivity contribution in [1.29, 1.82) is 0 Å². The molecule has 1 aromatic heterocycles. The molecule has 3 heterocycles. The number of nitrogens with one attached hydrogen (secondary N) is 1. The van der Waals surface area contributed by atoms with Crippen molar-refractivity contribution in [3.8, 4) is 0 Å². The van der Waals surface area contributed by atoms with E-state index in [1.807, 2.05) is 0 Å². The maximum Gasteiger partial charge on any atom is 0.287 e. The summed E-state index contributed by atoms with van der Waals surface area (Å²) in [6.07, 6.45) is -0.330. The Labute approximate surface area is 141 Å². The zero-order chi connectivity index (χ0) is 17.1. The lowest BCUT2D eigenvalue weighted by Gasteiger charge is -2.39. The van der Waals surface area contributed by atoms with Crippen LogP contribution < -0.4 is 5.32 Å². The third-order valence-electron chi connectivity index (χ3n) is 4.81. The molecule has 3 N–H and O–H groups in total. The predicted octanol–water partition coefficient (Wildman–Crippen LogP) is -1.25. The van der Waals surface area contributed by atoms with Gasteiger partial charge in [0, 0.05) is 32.7 Å². The second kappa shape index (κ2) is 7.62. The zero-order valence-corrected chi connectivity index (χ0v) is 13.8. The SMILES string of the molecule is CN1CCN(C2C(CNC(=O)c3ccco3)OC(CO)C2O)CC1. The van der Waals surface area contributed by atoms with E-state index < -0.39 is 12.2 Å². The van der Waals surface area contributed by atoms with Crippen LogP contribution in [0, 0.1) is 0 Å². The quantitative estimate of drug-likeness (QED) is 0.616. The van der Waals surface area contributed by atoms with Gasteiger partial charge in [0.1, 0.15) is 12.2 Å². The Kier molecular flexibility index (Phi) is 5.52. The number of aliphatic hydroxyl groups is 2. The minimum atomic E-state index is -0.774. The number of hydrogen-bond acceptors (Lipinski definition) is 7. The fraction of sp³-hybridized carbons (Fsp3) is 0.688. The highest BCUT2D eigenvalue weighted by Gasteiger charge is 2.46. The van der Waals surface area contributed by atoms with Crippen LogP contribution in [0.5, 0.6) is 0 Å². The predicted molar refractivity (Wildman–Crippen MR) is 85.7 cm³/mol. The van der Waals surface area contributed by atoms with Crippen LogP contribution in [0.1, 0.15) is 10.6 Å². The zero-order valence-electron chi connectivity index (χ0n) is 13.8. The molecule has 134 valence electrons.